The molecule has 0 bridgehead atoms. The van der Waals surface area contributed by atoms with Crippen molar-refractivity contribution in [1.29, 1.82) is 0 Å². The number of amides is 2. The van der Waals surface area contributed by atoms with Crippen LogP contribution in [0.2, 0.25) is 0 Å². The maximum absolute atomic E-state index is 13.1. The predicted octanol–water partition coefficient (Wildman–Crippen LogP) is 3.58. The Bertz CT molecular complexity index is 853. The number of thioether (sulfide) groups is 1. The lowest BCUT2D eigenvalue weighted by molar-refractivity contribution is -0.124. The number of carbonyl (C=O) groups excluding carboxylic acids is 2. The molecule has 27 heavy (non-hydrogen) atoms. The van der Waals surface area contributed by atoms with Gasteiger partial charge in [-0.2, -0.15) is 0 Å². The number of ether oxygens (including phenoxy) is 1. The first-order valence-corrected chi connectivity index (χ1v) is 10.2. The summed E-state index contributed by atoms with van der Waals surface area (Å²) in [6.45, 7) is 3.66. The van der Waals surface area contributed by atoms with Crippen LogP contribution < -0.4 is 14.5 Å². The minimum Gasteiger partial charge on any atom is -0.494 e. The highest BCUT2D eigenvalue weighted by atomic mass is 32.2. The molecular formula is C21H22N2O3S. The van der Waals surface area contributed by atoms with Crippen molar-refractivity contribution < 1.29 is 14.3 Å². The van der Waals surface area contributed by atoms with Crippen LogP contribution in [0.3, 0.4) is 0 Å². The molecule has 5 nitrogen and oxygen atoms in total. The maximum atomic E-state index is 13.1. The Kier molecular flexibility index (Phi) is 5.07. The van der Waals surface area contributed by atoms with Gasteiger partial charge in [0.15, 0.2) is 0 Å². The van der Waals surface area contributed by atoms with E-state index in [4.69, 9.17) is 4.74 Å². The van der Waals surface area contributed by atoms with Gasteiger partial charge in [-0.05, 0) is 43.3 Å². The van der Waals surface area contributed by atoms with Gasteiger partial charge in [-0.1, -0.05) is 12.1 Å². The summed E-state index contributed by atoms with van der Waals surface area (Å²) in [6, 6.07) is 15.5. The van der Waals surface area contributed by atoms with Crippen LogP contribution in [-0.4, -0.2) is 37.3 Å². The van der Waals surface area contributed by atoms with E-state index in [1.165, 1.54) is 0 Å². The van der Waals surface area contributed by atoms with Crippen LogP contribution in [-0.2, 0) is 9.59 Å². The van der Waals surface area contributed by atoms with Gasteiger partial charge >= 0.3 is 0 Å². The van der Waals surface area contributed by atoms with Gasteiger partial charge in [0, 0.05) is 35.8 Å². The average molecular weight is 382 g/mol. The molecule has 1 fully saturated rings. The number of hydrogen-bond donors (Lipinski definition) is 0. The highest BCUT2D eigenvalue weighted by Gasteiger charge is 2.38. The van der Waals surface area contributed by atoms with Crippen molar-refractivity contribution in [3.05, 3.63) is 48.5 Å². The summed E-state index contributed by atoms with van der Waals surface area (Å²) in [4.78, 5) is 30.4. The zero-order valence-corrected chi connectivity index (χ0v) is 16.1. The largest absolute Gasteiger partial charge is 0.494 e. The molecule has 0 radical (unpaired) electrons. The smallest absolute Gasteiger partial charge is 0.232 e. The quantitative estimate of drug-likeness (QED) is 0.811. The molecule has 2 aliphatic rings. The Hall–Kier alpha value is -2.47. The number of para-hydroxylation sites is 1. The van der Waals surface area contributed by atoms with Gasteiger partial charge in [-0.3, -0.25) is 9.59 Å². The summed E-state index contributed by atoms with van der Waals surface area (Å²) in [5.41, 5.74) is 1.78. The highest BCUT2D eigenvalue weighted by molar-refractivity contribution is 7.99. The van der Waals surface area contributed by atoms with E-state index >= 15 is 0 Å². The highest BCUT2D eigenvalue weighted by Crippen LogP contribution is 2.36. The normalized spacial score (nSPS) is 19.1. The molecule has 0 saturated carbocycles. The maximum Gasteiger partial charge on any atom is 0.232 e. The van der Waals surface area contributed by atoms with Crippen molar-refractivity contribution in [2.45, 2.75) is 18.2 Å². The van der Waals surface area contributed by atoms with Crippen LogP contribution in [0.5, 0.6) is 5.75 Å². The van der Waals surface area contributed by atoms with E-state index in [9.17, 15) is 9.59 Å². The minimum absolute atomic E-state index is 0.00261. The molecule has 0 unspecified atom stereocenters. The first-order valence-electron chi connectivity index (χ1n) is 9.24. The van der Waals surface area contributed by atoms with Crippen molar-refractivity contribution in [3.63, 3.8) is 0 Å². The molecular weight excluding hydrogens is 360 g/mol. The molecule has 2 aliphatic heterocycles. The third kappa shape index (κ3) is 3.54. The van der Waals surface area contributed by atoms with Gasteiger partial charge < -0.3 is 14.5 Å². The second-order valence-electron chi connectivity index (χ2n) is 6.64. The molecule has 2 amide bonds. The summed E-state index contributed by atoms with van der Waals surface area (Å²) in [5.74, 6) is 1.40. The van der Waals surface area contributed by atoms with Crippen molar-refractivity contribution in [3.8, 4) is 5.75 Å². The monoisotopic (exact) mass is 382 g/mol. The molecule has 0 N–H and O–H groups in total. The third-order valence-electron chi connectivity index (χ3n) is 4.93. The van der Waals surface area contributed by atoms with Gasteiger partial charge in [0.1, 0.15) is 5.75 Å². The minimum atomic E-state index is -0.305. The lowest BCUT2D eigenvalue weighted by Gasteiger charge is -2.30. The van der Waals surface area contributed by atoms with E-state index in [2.05, 4.69) is 0 Å². The lowest BCUT2D eigenvalue weighted by atomic mass is 10.1. The number of benzene rings is 2. The number of carbonyl (C=O) groups is 2. The van der Waals surface area contributed by atoms with Crippen molar-refractivity contribution in [1.82, 2.24) is 0 Å². The fourth-order valence-electron chi connectivity index (χ4n) is 3.63. The number of hydrogen-bond acceptors (Lipinski definition) is 4. The van der Waals surface area contributed by atoms with E-state index in [1.54, 1.807) is 16.7 Å². The summed E-state index contributed by atoms with van der Waals surface area (Å²) in [5, 5.41) is 0. The SMILES string of the molecule is CCOc1ccc(N2C[C@H](C(=O)N3CCSc4ccccc43)CC2=O)cc1. The van der Waals surface area contributed by atoms with Gasteiger partial charge in [0.05, 0.1) is 18.2 Å². The van der Waals surface area contributed by atoms with Gasteiger partial charge in [-0.15, -0.1) is 11.8 Å². The topological polar surface area (TPSA) is 49.9 Å². The molecule has 1 atom stereocenters. The zero-order valence-electron chi connectivity index (χ0n) is 15.3. The predicted molar refractivity (Wildman–Crippen MR) is 108 cm³/mol. The molecule has 4 rings (SSSR count). The summed E-state index contributed by atoms with van der Waals surface area (Å²) in [6.07, 6.45) is 0.262. The Morgan fingerprint density at radius 3 is 2.74 bits per heavy atom. The van der Waals surface area contributed by atoms with E-state index in [0.717, 1.165) is 27.8 Å². The van der Waals surface area contributed by atoms with Crippen molar-refractivity contribution >= 4 is 35.0 Å². The molecule has 140 valence electrons. The molecule has 2 aromatic rings. The standard InChI is InChI=1S/C21H22N2O3S/c1-2-26-17-9-7-16(8-10-17)23-14-15(13-20(23)24)21(25)22-11-12-27-19-6-4-3-5-18(19)22/h3-10,15H,2,11-14H2,1H3/t15-/m1/s1. The molecule has 6 heteroatoms. The summed E-state index contributed by atoms with van der Waals surface area (Å²) in [7, 11) is 0. The first kappa shape index (κ1) is 17.9. The van der Waals surface area contributed by atoms with Gasteiger partial charge in [-0.25, -0.2) is 0 Å². The van der Waals surface area contributed by atoms with Crippen LogP contribution >= 0.6 is 11.8 Å². The molecule has 2 aromatic carbocycles. The van der Waals surface area contributed by atoms with Crippen LogP contribution in [0, 0.1) is 5.92 Å². The lowest BCUT2D eigenvalue weighted by Crippen LogP contribution is -2.40. The van der Waals surface area contributed by atoms with E-state index < -0.39 is 0 Å². The fraction of sp³-hybridized carbons (Fsp3) is 0.333. The number of anilines is 2. The second kappa shape index (κ2) is 7.64. The summed E-state index contributed by atoms with van der Waals surface area (Å²) < 4.78 is 5.46. The van der Waals surface area contributed by atoms with Crippen LogP contribution in [0.4, 0.5) is 11.4 Å². The average Bonchev–Trinajstić information content (AvgIpc) is 3.09. The fourth-order valence-corrected chi connectivity index (χ4v) is 4.63. The molecule has 0 aliphatic carbocycles. The molecule has 1 saturated heterocycles. The first-order chi connectivity index (χ1) is 13.2. The van der Waals surface area contributed by atoms with Crippen LogP contribution in [0.15, 0.2) is 53.4 Å². The van der Waals surface area contributed by atoms with Gasteiger partial charge in [0.2, 0.25) is 11.8 Å². The Labute approximate surface area is 163 Å². The number of rotatable bonds is 4. The molecule has 0 spiro atoms. The number of fused-ring (bicyclic) bond motifs is 1. The zero-order chi connectivity index (χ0) is 18.8. The summed E-state index contributed by atoms with van der Waals surface area (Å²) >= 11 is 1.77. The molecule has 0 aromatic heterocycles. The third-order valence-corrected chi connectivity index (χ3v) is 5.97. The van der Waals surface area contributed by atoms with Crippen molar-refractivity contribution in [2.75, 3.05) is 35.2 Å². The van der Waals surface area contributed by atoms with Crippen LogP contribution in [0.1, 0.15) is 13.3 Å². The Morgan fingerprint density at radius 2 is 1.96 bits per heavy atom. The van der Waals surface area contributed by atoms with Crippen LogP contribution in [0.25, 0.3) is 0 Å². The Morgan fingerprint density at radius 1 is 1.19 bits per heavy atom. The second-order valence-corrected chi connectivity index (χ2v) is 7.78. The van der Waals surface area contributed by atoms with E-state index in [0.29, 0.717) is 19.7 Å². The Balaban J connectivity index is 1.50. The molecule has 2 heterocycles. The van der Waals surface area contributed by atoms with Crippen molar-refractivity contribution in [2.24, 2.45) is 5.92 Å². The van der Waals surface area contributed by atoms with Gasteiger partial charge in [0.25, 0.3) is 0 Å². The van der Waals surface area contributed by atoms with E-state index in [1.807, 2.05) is 60.4 Å². The van der Waals surface area contributed by atoms with E-state index in [-0.39, 0.29) is 24.2 Å². The number of nitrogens with zero attached hydrogens (tertiary/aromatic N) is 2.